The lowest BCUT2D eigenvalue weighted by Crippen LogP contribution is -2.39. The Bertz CT molecular complexity index is 459. The monoisotopic (exact) mass is 254 g/mol. The minimum absolute atomic E-state index is 0.211. The molecule has 18 heavy (non-hydrogen) atoms. The largest absolute Gasteiger partial charge is 0.480 e. The van der Waals surface area contributed by atoms with Crippen LogP contribution in [0.2, 0.25) is 0 Å². The van der Waals surface area contributed by atoms with Gasteiger partial charge < -0.3 is 15.7 Å². The summed E-state index contributed by atoms with van der Waals surface area (Å²) >= 11 is 0. The molecule has 2 amide bonds. The van der Waals surface area contributed by atoms with E-state index in [0.717, 1.165) is 12.1 Å². The van der Waals surface area contributed by atoms with Crippen molar-refractivity contribution >= 4 is 17.8 Å². The number of benzene rings is 1. The highest BCUT2D eigenvalue weighted by atomic mass is 19.1. The van der Waals surface area contributed by atoms with Gasteiger partial charge >= 0.3 is 5.97 Å². The van der Waals surface area contributed by atoms with Gasteiger partial charge in [0.15, 0.2) is 0 Å². The fourth-order valence-corrected chi connectivity index (χ4v) is 1.10. The van der Waals surface area contributed by atoms with E-state index in [1.165, 1.54) is 12.1 Å². The highest BCUT2D eigenvalue weighted by Crippen LogP contribution is 2.01. The summed E-state index contributed by atoms with van der Waals surface area (Å²) in [6.07, 6.45) is 0. The number of nitrogens with one attached hydrogen (secondary N) is 2. The molecule has 0 aromatic heterocycles. The average Bonchev–Trinajstić information content (AvgIpc) is 2.34. The molecule has 1 aromatic rings. The zero-order valence-corrected chi connectivity index (χ0v) is 9.27. The van der Waals surface area contributed by atoms with Crippen molar-refractivity contribution in [3.63, 3.8) is 0 Å². The first-order valence-electron chi connectivity index (χ1n) is 5.01. The molecule has 0 bridgehead atoms. The maximum Gasteiger partial charge on any atom is 0.322 e. The van der Waals surface area contributed by atoms with Crippen LogP contribution in [0, 0.1) is 5.82 Å². The number of carbonyl (C=O) groups excluding carboxylic acids is 2. The van der Waals surface area contributed by atoms with Crippen LogP contribution in [0.15, 0.2) is 24.3 Å². The van der Waals surface area contributed by atoms with Gasteiger partial charge in [-0.05, 0) is 24.3 Å². The molecular weight excluding hydrogens is 243 g/mol. The van der Waals surface area contributed by atoms with E-state index in [0.29, 0.717) is 0 Å². The molecule has 0 aliphatic heterocycles. The van der Waals surface area contributed by atoms with Crippen LogP contribution in [0.25, 0.3) is 0 Å². The first-order valence-corrected chi connectivity index (χ1v) is 5.01. The van der Waals surface area contributed by atoms with Crippen molar-refractivity contribution in [2.45, 2.75) is 0 Å². The second-order valence-corrected chi connectivity index (χ2v) is 3.36. The molecule has 0 unspecified atom stereocenters. The summed E-state index contributed by atoms with van der Waals surface area (Å²) in [5, 5.41) is 12.7. The first kappa shape index (κ1) is 13.6. The molecule has 96 valence electrons. The Morgan fingerprint density at radius 2 is 1.67 bits per heavy atom. The van der Waals surface area contributed by atoms with Gasteiger partial charge in [-0.2, -0.15) is 0 Å². The Kier molecular flexibility index (Phi) is 4.79. The average molecular weight is 254 g/mol. The number of amides is 2. The smallest absolute Gasteiger partial charge is 0.322 e. The lowest BCUT2D eigenvalue weighted by molar-refractivity contribution is -0.137. The number of aliphatic carboxylic acids is 1. The van der Waals surface area contributed by atoms with Crippen molar-refractivity contribution in [1.82, 2.24) is 10.6 Å². The summed E-state index contributed by atoms with van der Waals surface area (Å²) in [6.45, 7) is -0.852. The van der Waals surface area contributed by atoms with Gasteiger partial charge in [0.05, 0.1) is 6.54 Å². The quantitative estimate of drug-likeness (QED) is 0.675. The van der Waals surface area contributed by atoms with Crippen molar-refractivity contribution in [3.8, 4) is 0 Å². The summed E-state index contributed by atoms with van der Waals surface area (Å²) < 4.78 is 12.6. The van der Waals surface area contributed by atoms with E-state index in [4.69, 9.17) is 5.11 Å². The van der Waals surface area contributed by atoms with E-state index in [1.54, 1.807) is 0 Å². The van der Waals surface area contributed by atoms with E-state index in [2.05, 4.69) is 10.6 Å². The fraction of sp³-hybridized carbons (Fsp3) is 0.182. The first-order chi connectivity index (χ1) is 8.49. The van der Waals surface area contributed by atoms with Crippen LogP contribution >= 0.6 is 0 Å². The molecule has 0 saturated carbocycles. The normalized spacial score (nSPS) is 9.61. The van der Waals surface area contributed by atoms with Crippen molar-refractivity contribution in [2.75, 3.05) is 13.1 Å². The number of rotatable bonds is 5. The molecule has 0 aliphatic rings. The molecule has 0 radical (unpaired) electrons. The Morgan fingerprint density at radius 1 is 1.06 bits per heavy atom. The molecule has 0 aliphatic carbocycles. The lowest BCUT2D eigenvalue weighted by atomic mass is 10.2. The Balaban J connectivity index is 2.39. The molecule has 6 nitrogen and oxygen atoms in total. The Hall–Kier alpha value is -2.44. The minimum atomic E-state index is -1.17. The molecular formula is C11H11FN2O4. The van der Waals surface area contributed by atoms with Crippen LogP contribution in [0.5, 0.6) is 0 Å². The van der Waals surface area contributed by atoms with Gasteiger partial charge in [-0.3, -0.25) is 14.4 Å². The second kappa shape index (κ2) is 6.33. The highest BCUT2D eigenvalue weighted by Gasteiger charge is 2.08. The Morgan fingerprint density at radius 3 is 2.22 bits per heavy atom. The van der Waals surface area contributed by atoms with Crippen molar-refractivity contribution in [1.29, 1.82) is 0 Å². The zero-order chi connectivity index (χ0) is 13.5. The zero-order valence-electron chi connectivity index (χ0n) is 9.27. The van der Waals surface area contributed by atoms with E-state index in [9.17, 15) is 18.8 Å². The predicted octanol–water partition coefficient (Wildman–Crippen LogP) is -0.244. The number of carbonyl (C=O) groups is 3. The van der Waals surface area contributed by atoms with Gasteiger partial charge in [0.25, 0.3) is 5.91 Å². The Labute approximate surface area is 102 Å². The SMILES string of the molecule is O=C(O)CNC(=O)CNC(=O)c1ccc(F)cc1. The summed E-state index contributed by atoms with van der Waals surface area (Å²) in [4.78, 5) is 32.7. The molecule has 0 atom stereocenters. The molecule has 7 heteroatoms. The molecule has 0 spiro atoms. The standard InChI is InChI=1S/C11H11FN2O4/c12-8-3-1-7(2-4-8)11(18)14-5-9(15)13-6-10(16)17/h1-4H,5-6H2,(H,13,15)(H,14,18)(H,16,17). The molecule has 0 fully saturated rings. The molecule has 1 aromatic carbocycles. The van der Waals surface area contributed by atoms with Gasteiger partial charge in [-0.15, -0.1) is 0 Å². The van der Waals surface area contributed by atoms with Crippen molar-refractivity contribution < 1.29 is 23.9 Å². The summed E-state index contributed by atoms with van der Waals surface area (Å²) in [6, 6.07) is 4.80. The van der Waals surface area contributed by atoms with Gasteiger partial charge in [-0.1, -0.05) is 0 Å². The maximum absolute atomic E-state index is 12.6. The third kappa shape index (κ3) is 4.60. The van der Waals surface area contributed by atoms with Crippen molar-refractivity contribution in [3.05, 3.63) is 35.6 Å². The maximum atomic E-state index is 12.6. The summed E-state index contributed by atoms with van der Waals surface area (Å²) in [7, 11) is 0. The van der Waals surface area contributed by atoms with E-state index >= 15 is 0 Å². The van der Waals surface area contributed by atoms with Crippen molar-refractivity contribution in [2.24, 2.45) is 0 Å². The van der Waals surface area contributed by atoms with Crippen LogP contribution in [0.4, 0.5) is 4.39 Å². The summed E-state index contributed by atoms with van der Waals surface area (Å²) in [5.74, 6) is -2.80. The fourth-order valence-electron chi connectivity index (χ4n) is 1.10. The van der Waals surface area contributed by atoms with E-state index in [1.807, 2.05) is 0 Å². The van der Waals surface area contributed by atoms with Crippen LogP contribution < -0.4 is 10.6 Å². The number of hydrogen-bond donors (Lipinski definition) is 3. The van der Waals surface area contributed by atoms with Gasteiger partial charge in [0, 0.05) is 5.56 Å². The number of carboxylic acids is 1. The second-order valence-electron chi connectivity index (χ2n) is 3.36. The molecule has 0 saturated heterocycles. The van der Waals surface area contributed by atoms with Gasteiger partial charge in [0.2, 0.25) is 5.91 Å². The number of halogens is 1. The third-order valence-corrected chi connectivity index (χ3v) is 1.95. The molecule has 1 rings (SSSR count). The van der Waals surface area contributed by atoms with E-state index < -0.39 is 30.1 Å². The van der Waals surface area contributed by atoms with Crippen LogP contribution in [-0.4, -0.2) is 36.0 Å². The van der Waals surface area contributed by atoms with E-state index in [-0.39, 0.29) is 12.1 Å². The van der Waals surface area contributed by atoms with Crippen LogP contribution in [0.3, 0.4) is 0 Å². The topological polar surface area (TPSA) is 95.5 Å². The van der Waals surface area contributed by atoms with Crippen LogP contribution in [-0.2, 0) is 9.59 Å². The van der Waals surface area contributed by atoms with Crippen LogP contribution in [0.1, 0.15) is 10.4 Å². The minimum Gasteiger partial charge on any atom is -0.480 e. The predicted molar refractivity (Wildman–Crippen MR) is 59.4 cm³/mol. The molecule has 3 N–H and O–H groups in total. The lowest BCUT2D eigenvalue weighted by Gasteiger charge is -2.05. The van der Waals surface area contributed by atoms with Gasteiger partial charge in [0.1, 0.15) is 12.4 Å². The number of carboxylic acid groups (broad SMARTS) is 1. The summed E-state index contributed by atoms with van der Waals surface area (Å²) in [5.41, 5.74) is 0.211. The van der Waals surface area contributed by atoms with Gasteiger partial charge in [-0.25, -0.2) is 4.39 Å². The number of hydrogen-bond acceptors (Lipinski definition) is 3. The third-order valence-electron chi connectivity index (χ3n) is 1.95. The highest BCUT2D eigenvalue weighted by molar-refractivity contribution is 5.96. The molecule has 0 heterocycles.